The number of nitro groups is 1. The highest BCUT2D eigenvalue weighted by molar-refractivity contribution is 9.10. The summed E-state index contributed by atoms with van der Waals surface area (Å²) in [4.78, 5) is 32.6. The Morgan fingerprint density at radius 3 is 2.45 bits per heavy atom. The number of ether oxygens (including phenoxy) is 2. The number of amides is 1. The molecule has 1 aromatic heterocycles. The minimum absolute atomic E-state index is 0.0955. The Hall–Kier alpha value is -2.76. The molecule has 1 heterocycles. The number of nitrogens with zero attached hydrogens (tertiary/aromatic N) is 4. The molecular formula is C20H21BrN4O5S. The Morgan fingerprint density at radius 1 is 1.16 bits per heavy atom. The third-order valence-electron chi connectivity index (χ3n) is 4.52. The van der Waals surface area contributed by atoms with Gasteiger partial charge in [0.2, 0.25) is 0 Å². The molecule has 0 spiro atoms. The molecule has 2 aromatic carbocycles. The Morgan fingerprint density at radius 2 is 1.84 bits per heavy atom. The van der Waals surface area contributed by atoms with Gasteiger partial charge in [0, 0.05) is 23.6 Å². The second-order valence-electron chi connectivity index (χ2n) is 6.85. The van der Waals surface area contributed by atoms with Crippen LogP contribution < -0.4 is 14.4 Å². The van der Waals surface area contributed by atoms with Crippen LogP contribution in [0.4, 0.5) is 10.8 Å². The lowest BCUT2D eigenvalue weighted by Gasteiger charge is -2.22. The molecule has 0 N–H and O–H groups in total. The summed E-state index contributed by atoms with van der Waals surface area (Å²) in [7, 11) is 6.56. The normalized spacial score (nSPS) is 11.0. The number of hydrogen-bond acceptors (Lipinski definition) is 8. The summed E-state index contributed by atoms with van der Waals surface area (Å²) in [5.74, 6) is -0.125. The molecule has 3 rings (SSSR count). The van der Waals surface area contributed by atoms with E-state index in [0.29, 0.717) is 18.2 Å². The summed E-state index contributed by atoms with van der Waals surface area (Å²) in [6.45, 7) is 0.852. The van der Waals surface area contributed by atoms with Crippen molar-refractivity contribution in [3.63, 3.8) is 0 Å². The van der Waals surface area contributed by atoms with Gasteiger partial charge in [-0.1, -0.05) is 27.3 Å². The van der Waals surface area contributed by atoms with E-state index in [9.17, 15) is 14.9 Å². The number of nitro benzene ring substituents is 1. The SMILES string of the molecule is COc1cc(C(=O)N(CCN(C)C)c2nc3ccc(Br)cc3s2)c([N+](=O)[O-])cc1OC. The van der Waals surface area contributed by atoms with E-state index in [4.69, 9.17) is 9.47 Å². The topological polar surface area (TPSA) is 98.0 Å². The minimum atomic E-state index is -0.602. The zero-order valence-electron chi connectivity index (χ0n) is 17.4. The lowest BCUT2D eigenvalue weighted by Crippen LogP contribution is -2.37. The number of rotatable bonds is 8. The third kappa shape index (κ3) is 4.94. The summed E-state index contributed by atoms with van der Waals surface area (Å²) in [5.41, 5.74) is 0.288. The fraction of sp³-hybridized carbons (Fsp3) is 0.300. The van der Waals surface area contributed by atoms with E-state index in [0.717, 1.165) is 14.7 Å². The van der Waals surface area contributed by atoms with Gasteiger partial charge in [-0.3, -0.25) is 19.8 Å². The van der Waals surface area contributed by atoms with Crippen molar-refractivity contribution in [3.05, 3.63) is 50.5 Å². The number of benzene rings is 2. The zero-order chi connectivity index (χ0) is 22.7. The number of carbonyl (C=O) groups excluding carboxylic acids is 1. The number of carbonyl (C=O) groups is 1. The van der Waals surface area contributed by atoms with Gasteiger partial charge in [-0.05, 0) is 32.3 Å². The predicted molar refractivity (Wildman–Crippen MR) is 124 cm³/mol. The number of anilines is 1. The molecule has 0 radical (unpaired) electrons. The van der Waals surface area contributed by atoms with E-state index in [2.05, 4.69) is 20.9 Å². The Kier molecular flexibility index (Phi) is 7.08. The molecule has 0 fully saturated rings. The van der Waals surface area contributed by atoms with Crippen molar-refractivity contribution >= 4 is 54.2 Å². The maximum absolute atomic E-state index is 13.6. The number of methoxy groups -OCH3 is 2. The second kappa shape index (κ2) is 9.58. The second-order valence-corrected chi connectivity index (χ2v) is 8.77. The summed E-state index contributed by atoms with van der Waals surface area (Å²) in [6, 6.07) is 8.19. The number of thiazole rings is 1. The molecule has 0 aliphatic carbocycles. The maximum Gasteiger partial charge on any atom is 0.286 e. The van der Waals surface area contributed by atoms with Crippen LogP contribution in [0.3, 0.4) is 0 Å². The number of halogens is 1. The first-order valence-corrected chi connectivity index (χ1v) is 10.8. The van der Waals surface area contributed by atoms with E-state index in [-0.39, 0.29) is 22.7 Å². The van der Waals surface area contributed by atoms with Crippen molar-refractivity contribution < 1.29 is 19.2 Å². The lowest BCUT2D eigenvalue weighted by atomic mass is 10.1. The number of fused-ring (bicyclic) bond motifs is 1. The van der Waals surface area contributed by atoms with Gasteiger partial charge in [0.05, 0.1) is 35.4 Å². The quantitative estimate of drug-likeness (QED) is 0.332. The van der Waals surface area contributed by atoms with Crippen LogP contribution in [0.15, 0.2) is 34.8 Å². The van der Waals surface area contributed by atoms with Gasteiger partial charge >= 0.3 is 0 Å². The first kappa shape index (κ1) is 22.9. The standard InChI is InChI=1S/C20H21BrN4O5S/c1-23(2)7-8-24(20-22-14-6-5-12(21)9-18(14)31-20)19(26)13-10-16(29-3)17(30-4)11-15(13)25(27)28/h5-6,9-11H,7-8H2,1-4H3. The molecule has 0 aliphatic rings. The van der Waals surface area contributed by atoms with Gasteiger partial charge in [-0.2, -0.15) is 0 Å². The summed E-state index contributed by atoms with van der Waals surface area (Å²) < 4.78 is 12.2. The molecule has 31 heavy (non-hydrogen) atoms. The van der Waals surface area contributed by atoms with Crippen molar-refractivity contribution in [2.75, 3.05) is 46.3 Å². The molecule has 11 heteroatoms. The third-order valence-corrected chi connectivity index (χ3v) is 6.05. The van der Waals surface area contributed by atoms with Crippen LogP contribution in [0.1, 0.15) is 10.4 Å². The number of aromatic nitrogens is 1. The van der Waals surface area contributed by atoms with Crippen LogP contribution in [-0.2, 0) is 0 Å². The van der Waals surface area contributed by atoms with E-state index in [1.165, 1.54) is 42.6 Å². The molecule has 0 atom stereocenters. The van der Waals surface area contributed by atoms with Crippen molar-refractivity contribution in [3.8, 4) is 11.5 Å². The lowest BCUT2D eigenvalue weighted by molar-refractivity contribution is -0.385. The summed E-state index contributed by atoms with van der Waals surface area (Å²) in [6.07, 6.45) is 0. The molecule has 0 saturated carbocycles. The van der Waals surface area contributed by atoms with Crippen LogP contribution in [-0.4, -0.2) is 62.1 Å². The molecule has 0 bridgehead atoms. The molecule has 3 aromatic rings. The molecule has 1 amide bonds. The Labute approximate surface area is 191 Å². The van der Waals surface area contributed by atoms with Gasteiger partial charge < -0.3 is 14.4 Å². The smallest absolute Gasteiger partial charge is 0.286 e. The number of hydrogen-bond donors (Lipinski definition) is 0. The monoisotopic (exact) mass is 508 g/mol. The van der Waals surface area contributed by atoms with Gasteiger partial charge in [0.1, 0.15) is 5.56 Å². The van der Waals surface area contributed by atoms with Crippen LogP contribution in [0.25, 0.3) is 10.2 Å². The number of likely N-dealkylation sites (N-methyl/N-ethyl adjacent to an activating group) is 1. The van der Waals surface area contributed by atoms with Crippen molar-refractivity contribution in [2.24, 2.45) is 0 Å². The Bertz CT molecular complexity index is 1130. The molecule has 9 nitrogen and oxygen atoms in total. The molecular weight excluding hydrogens is 488 g/mol. The fourth-order valence-corrected chi connectivity index (χ4v) is 4.46. The van der Waals surface area contributed by atoms with Gasteiger partial charge in [-0.15, -0.1) is 0 Å². The van der Waals surface area contributed by atoms with Crippen molar-refractivity contribution in [2.45, 2.75) is 0 Å². The summed E-state index contributed by atoms with van der Waals surface area (Å²) in [5, 5.41) is 12.2. The highest BCUT2D eigenvalue weighted by atomic mass is 79.9. The van der Waals surface area contributed by atoms with E-state index >= 15 is 0 Å². The van der Waals surface area contributed by atoms with Crippen molar-refractivity contribution in [1.29, 1.82) is 0 Å². The first-order valence-electron chi connectivity index (χ1n) is 9.18. The van der Waals surface area contributed by atoms with Crippen LogP contribution in [0.2, 0.25) is 0 Å². The van der Waals surface area contributed by atoms with Gasteiger partial charge in [0.15, 0.2) is 16.6 Å². The summed E-state index contributed by atoms with van der Waals surface area (Å²) >= 11 is 4.79. The van der Waals surface area contributed by atoms with Crippen LogP contribution >= 0.6 is 27.3 Å². The van der Waals surface area contributed by atoms with Gasteiger partial charge in [0.25, 0.3) is 11.6 Å². The largest absolute Gasteiger partial charge is 0.493 e. The average Bonchev–Trinajstić information content (AvgIpc) is 3.14. The Balaban J connectivity index is 2.12. The maximum atomic E-state index is 13.6. The predicted octanol–water partition coefficient (Wildman–Crippen LogP) is 4.19. The van der Waals surface area contributed by atoms with E-state index in [1.54, 1.807) is 0 Å². The molecule has 164 valence electrons. The van der Waals surface area contributed by atoms with E-state index < -0.39 is 10.8 Å². The molecule has 0 aliphatic heterocycles. The highest BCUT2D eigenvalue weighted by Gasteiger charge is 2.30. The average molecular weight is 509 g/mol. The van der Waals surface area contributed by atoms with Crippen molar-refractivity contribution in [1.82, 2.24) is 9.88 Å². The fourth-order valence-electron chi connectivity index (χ4n) is 2.92. The van der Waals surface area contributed by atoms with Crippen LogP contribution in [0, 0.1) is 10.1 Å². The van der Waals surface area contributed by atoms with Gasteiger partial charge in [-0.25, -0.2) is 4.98 Å². The van der Waals surface area contributed by atoms with E-state index in [1.807, 2.05) is 37.2 Å². The molecule has 0 saturated heterocycles. The zero-order valence-corrected chi connectivity index (χ0v) is 19.8. The van der Waals surface area contributed by atoms with Crippen LogP contribution in [0.5, 0.6) is 11.5 Å². The minimum Gasteiger partial charge on any atom is -0.493 e. The highest BCUT2D eigenvalue weighted by Crippen LogP contribution is 2.37. The molecule has 0 unspecified atom stereocenters. The first-order chi connectivity index (χ1) is 14.7.